The van der Waals surface area contributed by atoms with Crippen LogP contribution in [0.4, 0.5) is 0 Å². The molecule has 10 nitrogen and oxygen atoms in total. The predicted octanol–water partition coefficient (Wildman–Crippen LogP) is 5.76. The molecule has 0 saturated carbocycles. The van der Waals surface area contributed by atoms with Gasteiger partial charge in [-0.2, -0.15) is 0 Å². The molecule has 1 aromatic heterocycles. The third-order valence-electron chi connectivity index (χ3n) is 9.78. The maximum Gasteiger partial charge on any atom is 0.246 e. The molecule has 1 aromatic carbocycles. The number of nitrogens with one attached hydrogen (secondary N) is 2. The first-order chi connectivity index (χ1) is 23.3. The summed E-state index contributed by atoms with van der Waals surface area (Å²) in [5.41, 5.74) is 4.14. The number of hydrogen-bond acceptors (Lipinski definition) is 7. The highest BCUT2D eigenvalue weighted by Gasteiger charge is 2.45. The van der Waals surface area contributed by atoms with E-state index in [1.54, 1.807) is 11.3 Å². The topological polar surface area (TPSA) is 132 Å². The van der Waals surface area contributed by atoms with E-state index in [1.807, 2.05) is 69.3 Å². The third kappa shape index (κ3) is 10.6. The number of carbonyl (C=O) groups excluding carboxylic acids is 4. The number of unbranched alkanes of at least 4 members (excludes halogenated alkanes) is 4. The Balaban J connectivity index is 1.32. The molecular formula is C37H54BrN5O5S. The third-order valence-corrected chi connectivity index (χ3v) is 11.3. The van der Waals surface area contributed by atoms with Crippen molar-refractivity contribution in [3.05, 3.63) is 41.0 Å². The fraction of sp³-hybridized carbons (Fsp3) is 0.649. The summed E-state index contributed by atoms with van der Waals surface area (Å²) in [5, 5.41) is 17.7. The van der Waals surface area contributed by atoms with Crippen molar-refractivity contribution in [2.45, 2.75) is 117 Å². The number of alkyl halides is 1. The van der Waals surface area contributed by atoms with Gasteiger partial charge in [0.25, 0.3) is 0 Å². The summed E-state index contributed by atoms with van der Waals surface area (Å²) in [6.07, 6.45) is 6.33. The van der Waals surface area contributed by atoms with Gasteiger partial charge in [0, 0.05) is 43.7 Å². The molecule has 2 aromatic rings. The number of aliphatic hydroxyl groups excluding tert-OH is 1. The fourth-order valence-electron chi connectivity index (χ4n) is 6.73. The summed E-state index contributed by atoms with van der Waals surface area (Å²) in [7, 11) is 0. The van der Waals surface area contributed by atoms with Gasteiger partial charge < -0.3 is 25.5 Å². The van der Waals surface area contributed by atoms with Gasteiger partial charge in [-0.1, -0.05) is 80.2 Å². The average Bonchev–Trinajstić information content (AvgIpc) is 3.69. The van der Waals surface area contributed by atoms with E-state index < -0.39 is 23.6 Å². The molecule has 4 amide bonds. The maximum absolute atomic E-state index is 14.1. The van der Waals surface area contributed by atoms with E-state index in [1.165, 1.54) is 11.3 Å². The summed E-state index contributed by atoms with van der Waals surface area (Å²) in [6.45, 7) is 10.6. The van der Waals surface area contributed by atoms with Gasteiger partial charge in [-0.3, -0.25) is 19.2 Å². The Hall–Kier alpha value is -2.83. The molecule has 3 heterocycles. The van der Waals surface area contributed by atoms with Crippen molar-refractivity contribution >= 4 is 50.9 Å². The Morgan fingerprint density at radius 3 is 2.27 bits per heavy atom. The molecule has 0 radical (unpaired) electrons. The van der Waals surface area contributed by atoms with Crippen LogP contribution in [0.15, 0.2) is 29.8 Å². The van der Waals surface area contributed by atoms with Gasteiger partial charge in [0.15, 0.2) is 0 Å². The van der Waals surface area contributed by atoms with Gasteiger partial charge in [-0.15, -0.1) is 11.3 Å². The van der Waals surface area contributed by atoms with Crippen molar-refractivity contribution in [3.8, 4) is 10.4 Å². The maximum atomic E-state index is 14.1. The van der Waals surface area contributed by atoms with E-state index in [2.05, 4.69) is 31.5 Å². The number of likely N-dealkylation sites (tertiary alicyclic amines) is 2. The number of halogens is 1. The van der Waals surface area contributed by atoms with Crippen molar-refractivity contribution in [1.29, 1.82) is 0 Å². The van der Waals surface area contributed by atoms with Crippen LogP contribution in [0.3, 0.4) is 0 Å². The molecule has 0 aliphatic carbocycles. The lowest BCUT2D eigenvalue weighted by atomic mass is 9.84. The van der Waals surface area contributed by atoms with Crippen LogP contribution >= 0.6 is 27.3 Å². The van der Waals surface area contributed by atoms with Gasteiger partial charge in [0.2, 0.25) is 23.6 Å². The van der Waals surface area contributed by atoms with E-state index >= 15 is 0 Å². The molecule has 0 bridgehead atoms. The van der Waals surface area contributed by atoms with Crippen molar-refractivity contribution in [2.75, 3.05) is 25.0 Å². The number of carbonyl (C=O) groups is 4. The number of hydrogen-bond donors (Lipinski definition) is 3. The molecule has 3 N–H and O–H groups in total. The second kappa shape index (κ2) is 17.9. The minimum Gasteiger partial charge on any atom is -0.391 e. The van der Waals surface area contributed by atoms with Gasteiger partial charge in [-0.05, 0) is 56.1 Å². The molecule has 4 atom stereocenters. The van der Waals surface area contributed by atoms with Crippen molar-refractivity contribution in [2.24, 2.45) is 11.3 Å². The van der Waals surface area contributed by atoms with Crippen molar-refractivity contribution in [1.82, 2.24) is 25.4 Å². The SMILES string of the molecule is Cc1ncsc1-c1ccc([C@H](C)NC(=O)[C@@H]2C[C@@H](O)CN2C(=O)[C@@H](NC(=O)C2CCN(C(=O)CCCCCCCBr)CC2)C(C)(C)C)cc1. The molecule has 2 fully saturated rings. The van der Waals surface area contributed by atoms with Crippen LogP contribution in [0.1, 0.15) is 103 Å². The zero-order valence-electron chi connectivity index (χ0n) is 29.7. The van der Waals surface area contributed by atoms with E-state index in [4.69, 9.17) is 0 Å². The molecule has 2 aliphatic rings. The number of piperidine rings is 1. The number of aryl methyl sites for hydroxylation is 1. The van der Waals surface area contributed by atoms with Crippen LogP contribution in [0.2, 0.25) is 0 Å². The van der Waals surface area contributed by atoms with Crippen LogP contribution in [0.25, 0.3) is 10.4 Å². The number of β-amino-alcohol motifs (C(OH)–C–C–N with tert-alkyl or cyclic N) is 1. The summed E-state index contributed by atoms with van der Waals surface area (Å²) in [5.74, 6) is -1.08. The monoisotopic (exact) mass is 759 g/mol. The smallest absolute Gasteiger partial charge is 0.246 e. The van der Waals surface area contributed by atoms with Crippen LogP contribution < -0.4 is 10.6 Å². The number of aliphatic hydroxyl groups is 1. The van der Waals surface area contributed by atoms with Gasteiger partial charge in [-0.25, -0.2) is 4.98 Å². The molecular weight excluding hydrogens is 706 g/mol. The lowest BCUT2D eigenvalue weighted by Crippen LogP contribution is -2.59. The highest BCUT2D eigenvalue weighted by molar-refractivity contribution is 9.09. The molecule has 270 valence electrons. The fourth-order valence-corrected chi connectivity index (χ4v) is 7.93. The molecule has 12 heteroatoms. The first-order valence-electron chi connectivity index (χ1n) is 17.7. The number of thiazole rings is 1. The van der Waals surface area contributed by atoms with Crippen LogP contribution in [0, 0.1) is 18.3 Å². The Labute approximate surface area is 303 Å². The second-order valence-electron chi connectivity index (χ2n) is 14.7. The summed E-state index contributed by atoms with van der Waals surface area (Å²) >= 11 is 5.04. The number of amides is 4. The standard InChI is InChI=1S/C37H54BrN5O5S/c1-24(26-12-14-27(15-13-26)32-25(2)39-23-49-32)40-35(47)30-21-29(44)22-43(30)36(48)33(37(3,4)5)41-34(46)28-16-19-42(20-17-28)31(45)11-9-7-6-8-10-18-38/h12-15,23-24,28-30,33,44H,6-11,16-22H2,1-5H3,(H,40,47)(H,41,46)/t24-,29+,30-,33+/m0/s1. The quantitative estimate of drug-likeness (QED) is 0.166. The summed E-state index contributed by atoms with van der Waals surface area (Å²) in [4.78, 5) is 62.7. The minimum absolute atomic E-state index is 0.0215. The lowest BCUT2D eigenvalue weighted by molar-refractivity contribution is -0.145. The number of rotatable bonds is 14. The predicted molar refractivity (Wildman–Crippen MR) is 197 cm³/mol. The van der Waals surface area contributed by atoms with Crippen molar-refractivity contribution < 1.29 is 24.3 Å². The molecule has 49 heavy (non-hydrogen) atoms. The Morgan fingerprint density at radius 1 is 1.00 bits per heavy atom. The zero-order valence-corrected chi connectivity index (χ0v) is 32.1. The second-order valence-corrected chi connectivity index (χ2v) is 16.3. The van der Waals surface area contributed by atoms with E-state index in [9.17, 15) is 24.3 Å². The molecule has 0 spiro atoms. The average molecular weight is 761 g/mol. The molecule has 4 rings (SSSR count). The number of benzene rings is 1. The van der Waals surface area contributed by atoms with E-state index in [-0.39, 0.29) is 48.6 Å². The van der Waals surface area contributed by atoms with Crippen LogP contribution in [-0.2, 0) is 19.2 Å². The molecule has 2 saturated heterocycles. The minimum atomic E-state index is -0.884. The molecule has 2 aliphatic heterocycles. The van der Waals surface area contributed by atoms with Crippen molar-refractivity contribution in [3.63, 3.8) is 0 Å². The van der Waals surface area contributed by atoms with Gasteiger partial charge in [0.05, 0.1) is 28.2 Å². The highest BCUT2D eigenvalue weighted by atomic mass is 79.9. The highest BCUT2D eigenvalue weighted by Crippen LogP contribution is 2.30. The van der Waals surface area contributed by atoms with Crippen LogP contribution in [-0.4, -0.2) is 86.7 Å². The largest absolute Gasteiger partial charge is 0.391 e. The summed E-state index contributed by atoms with van der Waals surface area (Å²) < 4.78 is 0. The first-order valence-corrected chi connectivity index (χ1v) is 19.7. The Bertz CT molecular complexity index is 1420. The zero-order chi connectivity index (χ0) is 35.7. The van der Waals surface area contributed by atoms with Gasteiger partial charge in [0.1, 0.15) is 12.1 Å². The lowest BCUT2D eigenvalue weighted by Gasteiger charge is -2.37. The summed E-state index contributed by atoms with van der Waals surface area (Å²) in [6, 6.07) is 5.92. The van der Waals surface area contributed by atoms with E-state index in [0.29, 0.717) is 32.4 Å². The van der Waals surface area contributed by atoms with Crippen LogP contribution in [0.5, 0.6) is 0 Å². The normalized spacial score (nSPS) is 19.8. The van der Waals surface area contributed by atoms with Gasteiger partial charge >= 0.3 is 0 Å². The Morgan fingerprint density at radius 2 is 1.65 bits per heavy atom. The number of aromatic nitrogens is 1. The number of nitrogens with zero attached hydrogens (tertiary/aromatic N) is 3. The Kier molecular flexibility index (Phi) is 14.2. The molecule has 0 unspecified atom stereocenters. The first kappa shape index (κ1) is 39.0. The van der Waals surface area contributed by atoms with E-state index in [0.717, 1.165) is 52.7 Å².